The van der Waals surface area contributed by atoms with Crippen LogP contribution in [0.15, 0.2) is 0 Å². The summed E-state index contributed by atoms with van der Waals surface area (Å²) in [5.74, 6) is -0.149. The zero-order valence-corrected chi connectivity index (χ0v) is 10.2. The molecule has 1 fully saturated rings. The maximum atomic E-state index is 11.2. The summed E-state index contributed by atoms with van der Waals surface area (Å²) < 4.78 is 4.68. The summed E-state index contributed by atoms with van der Waals surface area (Å²) in [5, 5.41) is 0. The van der Waals surface area contributed by atoms with Crippen LogP contribution in [-0.4, -0.2) is 61.5 Å². The van der Waals surface area contributed by atoms with Crippen LogP contribution in [0.2, 0.25) is 0 Å². The Labute approximate surface area is 96.3 Å². The van der Waals surface area contributed by atoms with Gasteiger partial charge in [0, 0.05) is 39.6 Å². The summed E-state index contributed by atoms with van der Waals surface area (Å²) in [6.45, 7) is 7.34. The molecule has 1 atom stereocenters. The van der Waals surface area contributed by atoms with Crippen molar-refractivity contribution in [2.75, 3.05) is 39.8 Å². The largest absolute Gasteiger partial charge is 0.469 e. The Morgan fingerprint density at radius 1 is 1.25 bits per heavy atom. The molecule has 1 amide bonds. The van der Waals surface area contributed by atoms with Crippen molar-refractivity contribution in [3.05, 3.63) is 0 Å². The lowest BCUT2D eigenvalue weighted by Crippen LogP contribution is -2.49. The third kappa shape index (κ3) is 3.48. The monoisotopic (exact) mass is 228 g/mol. The average molecular weight is 228 g/mol. The van der Waals surface area contributed by atoms with Crippen molar-refractivity contribution in [1.29, 1.82) is 0 Å². The highest BCUT2D eigenvalue weighted by molar-refractivity contribution is 5.73. The number of amides is 1. The fraction of sp³-hybridized carbons (Fsp3) is 0.818. The Morgan fingerprint density at radius 2 is 1.81 bits per heavy atom. The van der Waals surface area contributed by atoms with Gasteiger partial charge in [0.2, 0.25) is 5.91 Å². The van der Waals surface area contributed by atoms with Crippen LogP contribution in [0.5, 0.6) is 0 Å². The van der Waals surface area contributed by atoms with Crippen molar-refractivity contribution >= 4 is 11.9 Å². The molecule has 1 aliphatic rings. The lowest BCUT2D eigenvalue weighted by atomic mass is 10.1. The number of rotatable bonds is 3. The normalized spacial score (nSPS) is 19.3. The zero-order chi connectivity index (χ0) is 12.1. The fourth-order valence-corrected chi connectivity index (χ4v) is 1.91. The summed E-state index contributed by atoms with van der Waals surface area (Å²) in [6.07, 6.45) is 0. The Hall–Kier alpha value is -1.10. The van der Waals surface area contributed by atoms with E-state index < -0.39 is 0 Å². The highest BCUT2D eigenvalue weighted by Gasteiger charge is 2.22. The molecule has 0 aliphatic carbocycles. The standard InChI is InChI=1S/C11H20N2O3/c1-9(11(15)16-3)8-12-4-6-13(7-5-12)10(2)14/h9H,4-8H2,1-3H3. The van der Waals surface area contributed by atoms with E-state index in [1.807, 2.05) is 11.8 Å². The molecule has 1 aliphatic heterocycles. The molecule has 92 valence electrons. The lowest BCUT2D eigenvalue weighted by molar-refractivity contribution is -0.146. The number of piperazine rings is 1. The Kier molecular flexibility index (Phi) is 4.73. The van der Waals surface area contributed by atoms with Crippen molar-refractivity contribution in [1.82, 2.24) is 9.80 Å². The molecule has 5 heteroatoms. The van der Waals surface area contributed by atoms with Gasteiger partial charge in [-0.1, -0.05) is 6.92 Å². The van der Waals surface area contributed by atoms with Crippen LogP contribution < -0.4 is 0 Å². The van der Waals surface area contributed by atoms with E-state index in [0.29, 0.717) is 6.54 Å². The van der Waals surface area contributed by atoms with Gasteiger partial charge in [-0.3, -0.25) is 14.5 Å². The first kappa shape index (κ1) is 13.0. The van der Waals surface area contributed by atoms with Crippen molar-refractivity contribution in [2.24, 2.45) is 5.92 Å². The summed E-state index contributed by atoms with van der Waals surface area (Å²) in [7, 11) is 1.41. The molecule has 1 saturated heterocycles. The average Bonchev–Trinajstić information content (AvgIpc) is 2.28. The SMILES string of the molecule is COC(=O)C(C)CN1CCN(C(C)=O)CC1. The number of hydrogen-bond acceptors (Lipinski definition) is 4. The minimum atomic E-state index is -0.172. The molecular formula is C11H20N2O3. The smallest absolute Gasteiger partial charge is 0.309 e. The molecule has 0 bridgehead atoms. The van der Waals surface area contributed by atoms with Gasteiger partial charge >= 0.3 is 5.97 Å². The Bertz CT molecular complexity index is 260. The Balaban J connectivity index is 2.32. The van der Waals surface area contributed by atoms with Gasteiger partial charge in [-0.25, -0.2) is 0 Å². The van der Waals surface area contributed by atoms with Gasteiger partial charge in [0.25, 0.3) is 0 Å². The number of carbonyl (C=O) groups excluding carboxylic acids is 2. The molecule has 0 aromatic heterocycles. The summed E-state index contributed by atoms with van der Waals surface area (Å²) in [4.78, 5) is 26.4. The number of ether oxygens (including phenoxy) is 1. The minimum Gasteiger partial charge on any atom is -0.469 e. The van der Waals surface area contributed by atoms with E-state index in [1.165, 1.54) is 7.11 Å². The highest BCUT2D eigenvalue weighted by atomic mass is 16.5. The van der Waals surface area contributed by atoms with Crippen LogP contribution in [0.3, 0.4) is 0 Å². The topological polar surface area (TPSA) is 49.9 Å². The van der Waals surface area contributed by atoms with Crippen molar-refractivity contribution in [3.63, 3.8) is 0 Å². The van der Waals surface area contributed by atoms with Gasteiger partial charge < -0.3 is 9.64 Å². The molecule has 1 rings (SSSR count). The molecule has 0 saturated carbocycles. The molecule has 0 aromatic rings. The summed E-state index contributed by atoms with van der Waals surface area (Å²) in [5.41, 5.74) is 0. The predicted molar refractivity (Wildman–Crippen MR) is 59.9 cm³/mol. The Morgan fingerprint density at radius 3 is 2.25 bits per heavy atom. The van der Waals surface area contributed by atoms with Gasteiger partial charge in [-0.2, -0.15) is 0 Å². The predicted octanol–water partition coefficient (Wildman–Crippen LogP) is -0.0404. The van der Waals surface area contributed by atoms with E-state index in [9.17, 15) is 9.59 Å². The second-order valence-electron chi connectivity index (χ2n) is 4.23. The van der Waals surface area contributed by atoms with Gasteiger partial charge in [-0.15, -0.1) is 0 Å². The highest BCUT2D eigenvalue weighted by Crippen LogP contribution is 2.06. The van der Waals surface area contributed by atoms with Gasteiger partial charge in [0.15, 0.2) is 0 Å². The van der Waals surface area contributed by atoms with E-state index in [0.717, 1.165) is 26.2 Å². The minimum absolute atomic E-state index is 0.103. The maximum Gasteiger partial charge on any atom is 0.309 e. The first-order chi connectivity index (χ1) is 7.54. The molecule has 1 unspecified atom stereocenters. The molecule has 0 N–H and O–H groups in total. The molecule has 0 radical (unpaired) electrons. The van der Waals surface area contributed by atoms with Crippen LogP contribution >= 0.6 is 0 Å². The summed E-state index contributed by atoms with van der Waals surface area (Å²) in [6, 6.07) is 0. The lowest BCUT2D eigenvalue weighted by Gasteiger charge is -2.35. The van der Waals surface area contributed by atoms with Crippen LogP contribution in [0.4, 0.5) is 0 Å². The van der Waals surface area contributed by atoms with Gasteiger partial charge in [-0.05, 0) is 0 Å². The van der Waals surface area contributed by atoms with E-state index in [4.69, 9.17) is 0 Å². The quantitative estimate of drug-likeness (QED) is 0.636. The van der Waals surface area contributed by atoms with Gasteiger partial charge in [0.1, 0.15) is 0 Å². The second-order valence-corrected chi connectivity index (χ2v) is 4.23. The first-order valence-electron chi connectivity index (χ1n) is 5.60. The van der Waals surface area contributed by atoms with Crippen molar-refractivity contribution in [3.8, 4) is 0 Å². The summed E-state index contributed by atoms with van der Waals surface area (Å²) >= 11 is 0. The molecular weight excluding hydrogens is 208 g/mol. The molecule has 5 nitrogen and oxygen atoms in total. The number of nitrogens with zero attached hydrogens (tertiary/aromatic N) is 2. The van der Waals surface area contributed by atoms with Crippen LogP contribution in [0.1, 0.15) is 13.8 Å². The number of methoxy groups -OCH3 is 1. The number of hydrogen-bond donors (Lipinski definition) is 0. The molecule has 1 heterocycles. The van der Waals surface area contributed by atoms with Crippen LogP contribution in [-0.2, 0) is 14.3 Å². The van der Waals surface area contributed by atoms with E-state index in [1.54, 1.807) is 6.92 Å². The van der Waals surface area contributed by atoms with E-state index in [2.05, 4.69) is 9.64 Å². The molecule has 16 heavy (non-hydrogen) atoms. The fourth-order valence-electron chi connectivity index (χ4n) is 1.91. The van der Waals surface area contributed by atoms with Crippen molar-refractivity contribution < 1.29 is 14.3 Å². The van der Waals surface area contributed by atoms with E-state index >= 15 is 0 Å². The third-order valence-electron chi connectivity index (χ3n) is 2.95. The third-order valence-corrected chi connectivity index (χ3v) is 2.95. The maximum absolute atomic E-state index is 11.2. The van der Waals surface area contributed by atoms with Gasteiger partial charge in [0.05, 0.1) is 13.0 Å². The second kappa shape index (κ2) is 5.84. The van der Waals surface area contributed by atoms with Crippen LogP contribution in [0, 0.1) is 5.92 Å². The zero-order valence-electron chi connectivity index (χ0n) is 10.2. The molecule has 0 aromatic carbocycles. The van der Waals surface area contributed by atoms with E-state index in [-0.39, 0.29) is 17.8 Å². The number of esters is 1. The first-order valence-corrected chi connectivity index (χ1v) is 5.60. The number of carbonyl (C=O) groups is 2. The van der Waals surface area contributed by atoms with Crippen LogP contribution in [0.25, 0.3) is 0 Å². The van der Waals surface area contributed by atoms with Crippen molar-refractivity contribution in [2.45, 2.75) is 13.8 Å². The molecule has 0 spiro atoms.